The van der Waals surface area contributed by atoms with E-state index in [1.165, 1.54) is 17.9 Å². The Hall–Kier alpha value is -4.03. The van der Waals surface area contributed by atoms with Gasteiger partial charge < -0.3 is 25.0 Å². The van der Waals surface area contributed by atoms with E-state index in [0.717, 1.165) is 38.8 Å². The number of nitrogens with two attached hydrogens (primary N) is 1. The molecule has 11 nitrogen and oxygen atoms in total. The van der Waals surface area contributed by atoms with Gasteiger partial charge in [-0.15, -0.1) is 0 Å². The summed E-state index contributed by atoms with van der Waals surface area (Å²) in [6.07, 6.45) is -1.73. The lowest BCUT2D eigenvalue weighted by atomic mass is 9.95. The van der Waals surface area contributed by atoms with Crippen molar-refractivity contribution in [3.8, 4) is 12.1 Å². The predicted molar refractivity (Wildman–Crippen MR) is 158 cm³/mol. The van der Waals surface area contributed by atoms with Gasteiger partial charge in [0.2, 0.25) is 0 Å². The summed E-state index contributed by atoms with van der Waals surface area (Å²) in [5.74, 6) is -1.59. The number of rotatable bonds is 7. The zero-order chi connectivity index (χ0) is 32.8. The van der Waals surface area contributed by atoms with Crippen LogP contribution in [0.5, 0.6) is 6.01 Å². The zero-order valence-corrected chi connectivity index (χ0v) is 25.6. The molecule has 6 heterocycles. The maximum Gasteiger partial charge on any atom is 0.418 e. The maximum absolute atomic E-state index is 14.2. The van der Waals surface area contributed by atoms with Gasteiger partial charge in [-0.25, -0.2) is 9.37 Å². The molecule has 246 valence electrons. The number of carbonyl (C=O) groups excluding carboxylic acids is 1. The van der Waals surface area contributed by atoms with Crippen molar-refractivity contribution in [3.63, 3.8) is 0 Å². The Kier molecular flexibility index (Phi) is 8.53. The SMILES string of the molecule is C=C(F)C(=O)N1CCN(c2nc(OCC34CCCN3CCC4)nc3c2COC(c2nc(N)cc(C)c2C(F)(F)F)C3)C[C@H]1CC#N. The average Bonchev–Trinajstić information content (AvgIpc) is 3.59. The molecule has 15 heteroatoms. The molecular weight excluding hydrogens is 608 g/mol. The molecule has 1 unspecified atom stereocenters. The number of fused-ring (bicyclic) bond motifs is 2. The fourth-order valence-electron chi connectivity index (χ4n) is 7.47. The summed E-state index contributed by atoms with van der Waals surface area (Å²) in [6, 6.07) is 2.68. The summed E-state index contributed by atoms with van der Waals surface area (Å²) in [7, 11) is 0. The van der Waals surface area contributed by atoms with Crippen LogP contribution in [-0.2, 0) is 28.7 Å². The van der Waals surface area contributed by atoms with Gasteiger partial charge in [0.15, 0.2) is 5.83 Å². The van der Waals surface area contributed by atoms with Crippen molar-refractivity contribution < 1.29 is 31.8 Å². The monoisotopic (exact) mass is 644 g/mol. The lowest BCUT2D eigenvalue weighted by molar-refractivity contribution is -0.140. The van der Waals surface area contributed by atoms with Gasteiger partial charge in [-0.05, 0) is 57.3 Å². The maximum atomic E-state index is 14.2. The number of alkyl halides is 3. The number of halogens is 4. The topological polar surface area (TPSA) is 134 Å². The summed E-state index contributed by atoms with van der Waals surface area (Å²) < 4.78 is 68.7. The normalized spacial score (nSPS) is 22.7. The number of piperazine rings is 1. The largest absolute Gasteiger partial charge is 0.461 e. The minimum absolute atomic E-state index is 0.0425. The molecule has 4 aliphatic rings. The van der Waals surface area contributed by atoms with Crippen molar-refractivity contribution in [1.82, 2.24) is 24.8 Å². The predicted octanol–water partition coefficient (Wildman–Crippen LogP) is 4.02. The van der Waals surface area contributed by atoms with E-state index in [1.807, 2.05) is 4.90 Å². The fourth-order valence-corrected chi connectivity index (χ4v) is 7.47. The molecular formula is C31H36F4N8O3. The minimum Gasteiger partial charge on any atom is -0.461 e. The third kappa shape index (κ3) is 5.95. The highest BCUT2D eigenvalue weighted by atomic mass is 19.4. The number of carbonyl (C=O) groups is 1. The van der Waals surface area contributed by atoms with Crippen molar-refractivity contribution in [2.45, 2.75) is 75.9 Å². The number of aromatic nitrogens is 3. The number of amides is 1. The van der Waals surface area contributed by atoms with E-state index in [4.69, 9.17) is 25.2 Å². The summed E-state index contributed by atoms with van der Waals surface area (Å²) in [5, 5.41) is 9.47. The first-order valence-corrected chi connectivity index (χ1v) is 15.4. The lowest BCUT2D eigenvalue weighted by Crippen LogP contribution is -2.55. The second-order valence-corrected chi connectivity index (χ2v) is 12.5. The van der Waals surface area contributed by atoms with E-state index in [2.05, 4.69) is 22.5 Å². The second-order valence-electron chi connectivity index (χ2n) is 12.5. The van der Waals surface area contributed by atoms with Crippen LogP contribution in [0.4, 0.5) is 29.2 Å². The van der Waals surface area contributed by atoms with Gasteiger partial charge in [-0.1, -0.05) is 6.58 Å². The first-order valence-electron chi connectivity index (χ1n) is 15.4. The Bertz CT molecular complexity index is 1570. The number of nitrogens with zero attached hydrogens (tertiary/aromatic N) is 7. The number of ether oxygens (including phenoxy) is 2. The van der Waals surface area contributed by atoms with Crippen LogP contribution in [0.15, 0.2) is 18.5 Å². The first kappa shape index (κ1) is 31.9. The molecule has 46 heavy (non-hydrogen) atoms. The van der Waals surface area contributed by atoms with Crippen LogP contribution in [0.2, 0.25) is 0 Å². The van der Waals surface area contributed by atoms with Crippen LogP contribution >= 0.6 is 0 Å². The minimum atomic E-state index is -4.68. The number of hydrogen-bond acceptors (Lipinski definition) is 10. The molecule has 0 aromatic carbocycles. The lowest BCUT2D eigenvalue weighted by Gasteiger charge is -2.42. The standard InChI is InChI=1S/C31H36F4N8O3/c1-18-13-24(37)39-26(25(18)31(33,34)35)23-14-22-21(16-45-23)27(41-11-12-43(28(44)19(2)32)20(15-41)5-8-36)40-29(38-22)46-17-30-6-3-9-42(30)10-4-7-30/h13,20,23H,2-7,9-12,14-17H2,1H3,(H2,37,39)/t20-,23?/m1/s1. The van der Waals surface area contributed by atoms with E-state index < -0.39 is 35.6 Å². The van der Waals surface area contributed by atoms with Crippen LogP contribution in [0, 0.1) is 18.3 Å². The van der Waals surface area contributed by atoms with Crippen molar-refractivity contribution in [2.24, 2.45) is 0 Å². The Morgan fingerprint density at radius 3 is 2.63 bits per heavy atom. The van der Waals surface area contributed by atoms with Crippen molar-refractivity contribution in [1.29, 1.82) is 5.26 Å². The molecule has 0 aliphatic carbocycles. The van der Waals surface area contributed by atoms with Crippen molar-refractivity contribution in [3.05, 3.63) is 46.6 Å². The summed E-state index contributed by atoms with van der Waals surface area (Å²) in [5.41, 5.74) is 5.53. The third-order valence-electron chi connectivity index (χ3n) is 9.59. The van der Waals surface area contributed by atoms with Gasteiger partial charge in [-0.3, -0.25) is 9.69 Å². The van der Waals surface area contributed by atoms with Gasteiger partial charge in [0.05, 0.1) is 47.6 Å². The Morgan fingerprint density at radius 2 is 1.96 bits per heavy atom. The summed E-state index contributed by atoms with van der Waals surface area (Å²) in [4.78, 5) is 31.6. The third-order valence-corrected chi connectivity index (χ3v) is 9.59. The molecule has 1 amide bonds. The van der Waals surface area contributed by atoms with Crippen LogP contribution in [-0.4, -0.2) is 81.6 Å². The molecule has 0 saturated carbocycles. The van der Waals surface area contributed by atoms with Crippen molar-refractivity contribution >= 4 is 17.5 Å². The van der Waals surface area contributed by atoms with E-state index in [-0.39, 0.29) is 67.7 Å². The number of pyridine rings is 1. The molecule has 6 rings (SSSR count). The van der Waals surface area contributed by atoms with Crippen LogP contribution in [0.25, 0.3) is 0 Å². The fraction of sp³-hybridized carbons (Fsp3) is 0.581. The molecule has 2 atom stereocenters. The van der Waals surface area contributed by atoms with Crippen LogP contribution in [0.1, 0.15) is 66.3 Å². The van der Waals surface area contributed by atoms with Crippen LogP contribution < -0.4 is 15.4 Å². The molecule has 4 aliphatic heterocycles. The highest BCUT2D eigenvalue weighted by Crippen LogP contribution is 2.43. The van der Waals surface area contributed by atoms with Gasteiger partial charge >= 0.3 is 12.2 Å². The van der Waals surface area contributed by atoms with E-state index in [1.54, 1.807) is 0 Å². The van der Waals surface area contributed by atoms with Gasteiger partial charge in [-0.2, -0.15) is 28.4 Å². The van der Waals surface area contributed by atoms with Crippen LogP contribution in [0.3, 0.4) is 0 Å². The Labute approximate surface area is 264 Å². The quantitative estimate of drug-likeness (QED) is 0.348. The second kappa shape index (κ2) is 12.3. The van der Waals surface area contributed by atoms with Gasteiger partial charge in [0.25, 0.3) is 5.91 Å². The number of aryl methyl sites for hydroxylation is 1. The summed E-state index contributed by atoms with van der Waals surface area (Å²) in [6.45, 7) is 7.22. The highest BCUT2D eigenvalue weighted by Gasteiger charge is 2.45. The Morgan fingerprint density at radius 1 is 1.22 bits per heavy atom. The van der Waals surface area contributed by atoms with Gasteiger partial charge in [0, 0.05) is 31.6 Å². The molecule has 3 saturated heterocycles. The number of hydrogen-bond donors (Lipinski definition) is 1. The molecule has 0 spiro atoms. The highest BCUT2D eigenvalue weighted by molar-refractivity contribution is 5.91. The molecule has 2 aromatic rings. The number of nitrogen functional groups attached to an aromatic ring is 1. The Balaban J connectivity index is 1.36. The average molecular weight is 645 g/mol. The van der Waals surface area contributed by atoms with E-state index in [0.29, 0.717) is 23.7 Å². The number of anilines is 2. The first-order chi connectivity index (χ1) is 21.9. The molecule has 2 N–H and O–H groups in total. The zero-order valence-electron chi connectivity index (χ0n) is 25.6. The molecule has 2 aromatic heterocycles. The smallest absolute Gasteiger partial charge is 0.418 e. The molecule has 0 bridgehead atoms. The van der Waals surface area contributed by atoms with E-state index in [9.17, 15) is 27.6 Å². The van der Waals surface area contributed by atoms with Crippen molar-refractivity contribution in [2.75, 3.05) is 50.0 Å². The molecule has 0 radical (unpaired) electrons. The van der Waals surface area contributed by atoms with E-state index >= 15 is 0 Å². The molecule has 3 fully saturated rings. The summed E-state index contributed by atoms with van der Waals surface area (Å²) >= 11 is 0. The number of nitriles is 1. The van der Waals surface area contributed by atoms with Gasteiger partial charge in [0.1, 0.15) is 24.3 Å².